The SMILES string of the molecule is CCNc1ccnc(C(=O)NCc2cccnn2)c1. The maximum Gasteiger partial charge on any atom is 0.270 e. The molecule has 6 nitrogen and oxygen atoms in total. The van der Waals surface area contributed by atoms with Gasteiger partial charge in [0.2, 0.25) is 0 Å². The third-order valence-corrected chi connectivity index (χ3v) is 2.43. The van der Waals surface area contributed by atoms with Gasteiger partial charge in [0.05, 0.1) is 12.2 Å². The van der Waals surface area contributed by atoms with Gasteiger partial charge in [0.1, 0.15) is 5.69 Å². The van der Waals surface area contributed by atoms with Crippen LogP contribution in [0.2, 0.25) is 0 Å². The van der Waals surface area contributed by atoms with E-state index in [9.17, 15) is 4.79 Å². The molecule has 0 saturated carbocycles. The summed E-state index contributed by atoms with van der Waals surface area (Å²) in [5, 5.41) is 13.5. The molecule has 0 aliphatic rings. The monoisotopic (exact) mass is 257 g/mol. The Morgan fingerprint density at radius 3 is 2.95 bits per heavy atom. The minimum Gasteiger partial charge on any atom is -0.385 e. The van der Waals surface area contributed by atoms with Crippen LogP contribution in [0.4, 0.5) is 5.69 Å². The Kier molecular flexibility index (Phi) is 4.39. The van der Waals surface area contributed by atoms with E-state index in [4.69, 9.17) is 0 Å². The Labute approximate surface area is 111 Å². The fourth-order valence-corrected chi connectivity index (χ4v) is 1.56. The van der Waals surface area contributed by atoms with Crippen molar-refractivity contribution in [3.8, 4) is 0 Å². The first-order chi connectivity index (χ1) is 9.29. The normalized spacial score (nSPS) is 9.95. The van der Waals surface area contributed by atoms with Gasteiger partial charge in [-0.1, -0.05) is 0 Å². The molecule has 0 atom stereocenters. The first-order valence-corrected chi connectivity index (χ1v) is 6.04. The minimum absolute atomic E-state index is 0.231. The molecule has 0 unspecified atom stereocenters. The summed E-state index contributed by atoms with van der Waals surface area (Å²) in [4.78, 5) is 16.0. The lowest BCUT2D eigenvalue weighted by atomic mass is 10.3. The van der Waals surface area contributed by atoms with Crippen molar-refractivity contribution in [3.05, 3.63) is 48.0 Å². The number of amides is 1. The third kappa shape index (κ3) is 3.74. The molecule has 2 rings (SSSR count). The van der Waals surface area contributed by atoms with Gasteiger partial charge in [-0.3, -0.25) is 9.78 Å². The zero-order chi connectivity index (χ0) is 13.5. The molecule has 6 heteroatoms. The summed E-state index contributed by atoms with van der Waals surface area (Å²) >= 11 is 0. The van der Waals surface area contributed by atoms with E-state index in [2.05, 4.69) is 25.8 Å². The van der Waals surface area contributed by atoms with E-state index >= 15 is 0 Å². The van der Waals surface area contributed by atoms with Gasteiger partial charge in [0, 0.05) is 24.6 Å². The molecule has 0 saturated heterocycles. The quantitative estimate of drug-likeness (QED) is 0.842. The van der Waals surface area contributed by atoms with Crippen LogP contribution in [0.3, 0.4) is 0 Å². The molecule has 2 N–H and O–H groups in total. The number of hydrogen-bond donors (Lipinski definition) is 2. The molecular formula is C13H15N5O. The number of anilines is 1. The van der Waals surface area contributed by atoms with Crippen molar-refractivity contribution >= 4 is 11.6 Å². The lowest BCUT2D eigenvalue weighted by molar-refractivity contribution is 0.0945. The summed E-state index contributed by atoms with van der Waals surface area (Å²) in [5.41, 5.74) is 1.96. The zero-order valence-electron chi connectivity index (χ0n) is 10.6. The van der Waals surface area contributed by atoms with Crippen LogP contribution in [0.5, 0.6) is 0 Å². The summed E-state index contributed by atoms with van der Waals surface area (Å²) in [6, 6.07) is 7.12. The second-order valence-electron chi connectivity index (χ2n) is 3.86. The number of carbonyl (C=O) groups is 1. The van der Waals surface area contributed by atoms with Gasteiger partial charge in [-0.05, 0) is 31.2 Å². The van der Waals surface area contributed by atoms with Crippen molar-refractivity contribution < 1.29 is 4.79 Å². The molecule has 19 heavy (non-hydrogen) atoms. The van der Waals surface area contributed by atoms with Crippen LogP contribution in [-0.4, -0.2) is 27.6 Å². The van der Waals surface area contributed by atoms with E-state index in [1.807, 2.05) is 13.0 Å². The van der Waals surface area contributed by atoms with Crippen molar-refractivity contribution in [2.75, 3.05) is 11.9 Å². The maximum atomic E-state index is 11.9. The largest absolute Gasteiger partial charge is 0.385 e. The van der Waals surface area contributed by atoms with Gasteiger partial charge in [0.25, 0.3) is 5.91 Å². The van der Waals surface area contributed by atoms with E-state index in [1.165, 1.54) is 0 Å². The molecule has 0 aliphatic heterocycles. The lowest BCUT2D eigenvalue weighted by Gasteiger charge is -2.06. The summed E-state index contributed by atoms with van der Waals surface area (Å²) in [6.07, 6.45) is 3.20. The predicted octanol–water partition coefficient (Wildman–Crippen LogP) is 1.23. The van der Waals surface area contributed by atoms with Gasteiger partial charge in [0.15, 0.2) is 0 Å². The van der Waals surface area contributed by atoms with Crippen LogP contribution in [0.1, 0.15) is 23.1 Å². The summed E-state index contributed by atoms with van der Waals surface area (Å²) < 4.78 is 0. The molecule has 0 aliphatic carbocycles. The zero-order valence-corrected chi connectivity index (χ0v) is 10.6. The highest BCUT2D eigenvalue weighted by Crippen LogP contribution is 2.07. The molecule has 2 aromatic rings. The number of hydrogen-bond acceptors (Lipinski definition) is 5. The molecule has 2 heterocycles. The van der Waals surface area contributed by atoms with Crippen molar-refractivity contribution in [3.63, 3.8) is 0 Å². The van der Waals surface area contributed by atoms with Gasteiger partial charge in [-0.2, -0.15) is 10.2 Å². The molecule has 98 valence electrons. The van der Waals surface area contributed by atoms with Gasteiger partial charge in [-0.25, -0.2) is 0 Å². The second-order valence-corrected chi connectivity index (χ2v) is 3.86. The van der Waals surface area contributed by atoms with Crippen molar-refractivity contribution in [1.29, 1.82) is 0 Å². The molecule has 0 spiro atoms. The van der Waals surface area contributed by atoms with E-state index in [1.54, 1.807) is 30.6 Å². The van der Waals surface area contributed by atoms with Crippen LogP contribution < -0.4 is 10.6 Å². The van der Waals surface area contributed by atoms with E-state index in [-0.39, 0.29) is 5.91 Å². The average Bonchev–Trinajstić information content (AvgIpc) is 2.46. The molecule has 0 radical (unpaired) electrons. The highest BCUT2D eigenvalue weighted by Gasteiger charge is 2.07. The van der Waals surface area contributed by atoms with Crippen molar-refractivity contribution in [1.82, 2.24) is 20.5 Å². The van der Waals surface area contributed by atoms with E-state index in [0.717, 1.165) is 12.2 Å². The fourth-order valence-electron chi connectivity index (χ4n) is 1.56. The number of nitrogens with zero attached hydrogens (tertiary/aromatic N) is 3. The third-order valence-electron chi connectivity index (χ3n) is 2.43. The molecule has 2 aromatic heterocycles. The van der Waals surface area contributed by atoms with Crippen molar-refractivity contribution in [2.24, 2.45) is 0 Å². The Bertz CT molecular complexity index is 544. The smallest absolute Gasteiger partial charge is 0.270 e. The summed E-state index contributed by atoms with van der Waals surface area (Å²) in [6.45, 7) is 3.12. The number of aromatic nitrogens is 3. The summed E-state index contributed by atoms with van der Waals surface area (Å²) in [7, 11) is 0. The molecule has 1 amide bonds. The highest BCUT2D eigenvalue weighted by molar-refractivity contribution is 5.93. The van der Waals surface area contributed by atoms with Crippen LogP contribution >= 0.6 is 0 Å². The lowest BCUT2D eigenvalue weighted by Crippen LogP contribution is -2.24. The number of rotatable bonds is 5. The number of carbonyl (C=O) groups excluding carboxylic acids is 1. The molecule has 0 bridgehead atoms. The first kappa shape index (κ1) is 12.9. The van der Waals surface area contributed by atoms with Gasteiger partial charge >= 0.3 is 0 Å². The minimum atomic E-state index is -0.231. The predicted molar refractivity (Wildman–Crippen MR) is 71.6 cm³/mol. The summed E-state index contributed by atoms with van der Waals surface area (Å²) in [5.74, 6) is -0.231. The molecule has 0 fully saturated rings. The van der Waals surface area contributed by atoms with E-state index < -0.39 is 0 Å². The fraction of sp³-hybridized carbons (Fsp3) is 0.231. The van der Waals surface area contributed by atoms with E-state index in [0.29, 0.717) is 17.9 Å². The number of nitrogens with one attached hydrogen (secondary N) is 2. The topological polar surface area (TPSA) is 79.8 Å². The van der Waals surface area contributed by atoms with Gasteiger partial charge < -0.3 is 10.6 Å². The Hall–Kier alpha value is -2.50. The van der Waals surface area contributed by atoms with Gasteiger partial charge in [-0.15, -0.1) is 0 Å². The molecular weight excluding hydrogens is 242 g/mol. The molecule has 0 aromatic carbocycles. The highest BCUT2D eigenvalue weighted by atomic mass is 16.1. The van der Waals surface area contributed by atoms with Crippen LogP contribution in [0.25, 0.3) is 0 Å². The van der Waals surface area contributed by atoms with Crippen LogP contribution in [0, 0.1) is 0 Å². The standard InChI is InChI=1S/C13H15N5O/c1-2-14-10-5-7-15-12(8-10)13(19)16-9-11-4-3-6-17-18-11/h3-8H,2,9H2,1H3,(H,14,15)(H,16,19). The maximum absolute atomic E-state index is 11.9. The van der Waals surface area contributed by atoms with Crippen LogP contribution in [-0.2, 0) is 6.54 Å². The Balaban J connectivity index is 1.98. The first-order valence-electron chi connectivity index (χ1n) is 6.04. The Morgan fingerprint density at radius 2 is 2.21 bits per heavy atom. The average molecular weight is 257 g/mol. The number of pyridine rings is 1. The van der Waals surface area contributed by atoms with Crippen LogP contribution in [0.15, 0.2) is 36.7 Å². The second kappa shape index (κ2) is 6.44. The Morgan fingerprint density at radius 1 is 1.32 bits per heavy atom. The van der Waals surface area contributed by atoms with Crippen molar-refractivity contribution in [2.45, 2.75) is 13.5 Å².